The molecule has 1 aliphatic rings. The summed E-state index contributed by atoms with van der Waals surface area (Å²) in [7, 11) is 0. The second-order valence-electron chi connectivity index (χ2n) is 9.47. The Morgan fingerprint density at radius 2 is 1.67 bits per heavy atom. The number of alkyl carbamates (subject to hydrolysis) is 1. The van der Waals surface area contributed by atoms with Crippen molar-refractivity contribution in [3.05, 3.63) is 82.2 Å². The molecule has 0 aliphatic carbocycles. The lowest BCUT2D eigenvalue weighted by atomic mass is 9.97. The molecule has 0 aromatic heterocycles. The molecule has 0 spiro atoms. The highest BCUT2D eigenvalue weighted by Crippen LogP contribution is 2.28. The number of benzene rings is 2. The van der Waals surface area contributed by atoms with Gasteiger partial charge in [0.25, 0.3) is 0 Å². The van der Waals surface area contributed by atoms with Gasteiger partial charge in [0.1, 0.15) is 31.5 Å². The van der Waals surface area contributed by atoms with E-state index in [1.807, 2.05) is 60.7 Å². The van der Waals surface area contributed by atoms with Crippen molar-refractivity contribution in [2.75, 3.05) is 31.3 Å². The molecule has 0 saturated carbocycles. The number of aliphatic hydroxyl groups excluding tert-OH is 1. The van der Waals surface area contributed by atoms with Crippen molar-refractivity contribution in [1.82, 2.24) is 5.32 Å². The van der Waals surface area contributed by atoms with Crippen LogP contribution in [-0.4, -0.2) is 79.1 Å². The summed E-state index contributed by atoms with van der Waals surface area (Å²) >= 11 is 1.71. The van der Waals surface area contributed by atoms with Crippen molar-refractivity contribution < 1.29 is 38.4 Å². The fraction of sp³-hybridized carbons (Fsp3) is 0.517. The minimum atomic E-state index is -1.22. The van der Waals surface area contributed by atoms with Crippen molar-refractivity contribution in [2.45, 2.75) is 63.6 Å². The van der Waals surface area contributed by atoms with E-state index in [-0.39, 0.29) is 19.8 Å². The van der Waals surface area contributed by atoms with Gasteiger partial charge in [-0.05, 0) is 41.0 Å². The van der Waals surface area contributed by atoms with Crippen LogP contribution in [-0.2, 0) is 41.7 Å². The molecule has 0 radical (unpaired) electrons. The number of esters is 1. The van der Waals surface area contributed by atoms with Crippen molar-refractivity contribution in [1.29, 1.82) is 0 Å². The predicted molar refractivity (Wildman–Crippen MR) is 156 cm³/mol. The number of ether oxygens (including phenoxy) is 5. The molecular formula is C29H38N4O8S. The highest BCUT2D eigenvalue weighted by atomic mass is 32.2. The van der Waals surface area contributed by atoms with Crippen LogP contribution in [0, 0.1) is 0 Å². The maximum atomic E-state index is 11.8. The normalized spacial score (nSPS) is 21.6. The summed E-state index contributed by atoms with van der Waals surface area (Å²) in [5, 5.41) is 17.5. The largest absolute Gasteiger partial charge is 0.463 e. The number of thioether (sulfide) groups is 1. The molecule has 12 nitrogen and oxygen atoms in total. The maximum absolute atomic E-state index is 11.8. The summed E-state index contributed by atoms with van der Waals surface area (Å²) in [4.78, 5) is 26.1. The van der Waals surface area contributed by atoms with Gasteiger partial charge in [0.2, 0.25) is 0 Å². The number of nitrogens with one attached hydrogen (secondary N) is 1. The average molecular weight is 603 g/mol. The number of nitrogens with zero attached hydrogens (tertiary/aromatic N) is 3. The molecule has 2 aromatic rings. The number of hydrogen-bond acceptors (Lipinski definition) is 10. The second-order valence-corrected chi connectivity index (χ2v) is 10.7. The highest BCUT2D eigenvalue weighted by Gasteiger charge is 2.46. The van der Waals surface area contributed by atoms with Crippen LogP contribution in [0.5, 0.6) is 0 Å². The third-order valence-electron chi connectivity index (χ3n) is 6.23. The van der Waals surface area contributed by atoms with E-state index in [1.165, 1.54) is 6.92 Å². The van der Waals surface area contributed by atoms with E-state index in [9.17, 15) is 20.2 Å². The van der Waals surface area contributed by atoms with E-state index in [4.69, 9.17) is 23.7 Å². The molecule has 228 valence electrons. The van der Waals surface area contributed by atoms with Crippen LogP contribution in [0.3, 0.4) is 0 Å². The van der Waals surface area contributed by atoms with E-state index in [1.54, 1.807) is 11.8 Å². The topological polar surface area (TPSA) is 161 Å². The van der Waals surface area contributed by atoms with Crippen LogP contribution < -0.4 is 5.32 Å². The Kier molecular flexibility index (Phi) is 15.0. The minimum Gasteiger partial charge on any atom is -0.463 e. The number of aliphatic hydroxyl groups is 1. The SMILES string of the molecule is CC(=O)OC[C@H]1O[C@H](OCCCSCCCNC(=O)OCc2ccccc2)[C@H](N=[N+]=[N-])[C@@H](OCc2ccccc2)[C@@H]1O. The van der Waals surface area contributed by atoms with Crippen molar-refractivity contribution in [3.8, 4) is 0 Å². The molecule has 0 unspecified atom stereocenters. The lowest BCUT2D eigenvalue weighted by Crippen LogP contribution is -2.59. The summed E-state index contributed by atoms with van der Waals surface area (Å²) in [6.07, 6.45) is -3.06. The first-order valence-electron chi connectivity index (χ1n) is 13.8. The molecule has 1 heterocycles. The van der Waals surface area contributed by atoms with E-state index in [0.717, 1.165) is 29.1 Å². The molecule has 1 amide bonds. The first kappa shape index (κ1) is 33.2. The zero-order valence-electron chi connectivity index (χ0n) is 23.6. The van der Waals surface area contributed by atoms with E-state index < -0.39 is 42.7 Å². The molecule has 2 aromatic carbocycles. The van der Waals surface area contributed by atoms with Crippen LogP contribution in [0.4, 0.5) is 4.79 Å². The molecule has 1 saturated heterocycles. The molecule has 0 bridgehead atoms. The summed E-state index contributed by atoms with van der Waals surface area (Å²) < 4.78 is 28.1. The number of hydrogen-bond donors (Lipinski definition) is 2. The van der Waals surface area contributed by atoms with Crippen LogP contribution >= 0.6 is 11.8 Å². The maximum Gasteiger partial charge on any atom is 0.407 e. The molecule has 5 atom stereocenters. The Morgan fingerprint density at radius 3 is 2.33 bits per heavy atom. The average Bonchev–Trinajstić information content (AvgIpc) is 3.00. The molecular weight excluding hydrogens is 564 g/mol. The van der Waals surface area contributed by atoms with Gasteiger partial charge in [0.15, 0.2) is 6.29 Å². The van der Waals surface area contributed by atoms with Gasteiger partial charge in [-0.2, -0.15) is 11.8 Å². The van der Waals surface area contributed by atoms with Crippen molar-refractivity contribution in [2.24, 2.45) is 5.11 Å². The first-order valence-corrected chi connectivity index (χ1v) is 14.9. The van der Waals surface area contributed by atoms with Crippen LogP contribution in [0.25, 0.3) is 10.4 Å². The zero-order chi connectivity index (χ0) is 30.0. The third-order valence-corrected chi connectivity index (χ3v) is 7.38. The molecule has 1 aliphatic heterocycles. The van der Waals surface area contributed by atoms with Gasteiger partial charge in [0.05, 0.1) is 19.3 Å². The van der Waals surface area contributed by atoms with Crippen LogP contribution in [0.15, 0.2) is 65.8 Å². The highest BCUT2D eigenvalue weighted by molar-refractivity contribution is 7.99. The number of azide groups is 1. The Hall–Kier alpha value is -3.32. The molecule has 13 heteroatoms. The second kappa shape index (κ2) is 19.0. The van der Waals surface area contributed by atoms with Gasteiger partial charge in [-0.1, -0.05) is 65.8 Å². The van der Waals surface area contributed by atoms with Gasteiger partial charge in [-0.25, -0.2) is 4.79 Å². The van der Waals surface area contributed by atoms with E-state index >= 15 is 0 Å². The first-order chi connectivity index (χ1) is 20.5. The summed E-state index contributed by atoms with van der Waals surface area (Å²) in [5.41, 5.74) is 11.0. The fourth-order valence-corrected chi connectivity index (χ4v) is 5.00. The minimum absolute atomic E-state index is 0.170. The molecule has 3 rings (SSSR count). The standard InChI is InChI=1S/C29H38N4O8S/c1-21(34)38-20-24-26(35)27(39-18-22-10-4-2-5-11-22)25(32-33-30)28(41-24)37-15-9-17-42-16-8-14-31-29(36)40-19-23-12-6-3-7-13-23/h2-7,10-13,24-28,35H,8-9,14-20H2,1H3,(H,31,36)/t24-,25-,26-,27-,28+/m1/s1. The molecule has 2 N–H and O–H groups in total. The Labute approximate surface area is 249 Å². The lowest BCUT2D eigenvalue weighted by Gasteiger charge is -2.42. The van der Waals surface area contributed by atoms with E-state index in [2.05, 4.69) is 15.3 Å². The van der Waals surface area contributed by atoms with Gasteiger partial charge in [-0.3, -0.25) is 4.79 Å². The fourth-order valence-electron chi connectivity index (χ4n) is 4.12. The lowest BCUT2D eigenvalue weighted by molar-refractivity contribution is -0.274. The number of carbonyl (C=O) groups excluding carboxylic acids is 2. The number of amides is 1. The van der Waals surface area contributed by atoms with Gasteiger partial charge in [-0.15, -0.1) is 0 Å². The summed E-state index contributed by atoms with van der Waals surface area (Å²) in [6.45, 7) is 2.28. The van der Waals surface area contributed by atoms with Gasteiger partial charge < -0.3 is 34.1 Å². The smallest absolute Gasteiger partial charge is 0.407 e. The van der Waals surface area contributed by atoms with Gasteiger partial charge >= 0.3 is 12.1 Å². The van der Waals surface area contributed by atoms with Gasteiger partial charge in [0, 0.05) is 18.4 Å². The van der Waals surface area contributed by atoms with Crippen LogP contribution in [0.1, 0.15) is 30.9 Å². The number of carbonyl (C=O) groups is 2. The molecule has 1 fully saturated rings. The Morgan fingerprint density at radius 1 is 1.00 bits per heavy atom. The Balaban J connectivity index is 1.39. The predicted octanol–water partition coefficient (Wildman–Crippen LogP) is 4.36. The van der Waals surface area contributed by atoms with Crippen molar-refractivity contribution >= 4 is 23.8 Å². The monoisotopic (exact) mass is 602 g/mol. The summed E-state index contributed by atoms with van der Waals surface area (Å²) in [5.74, 6) is 1.12. The third kappa shape index (κ3) is 11.9. The number of rotatable bonds is 17. The molecule has 42 heavy (non-hydrogen) atoms. The van der Waals surface area contributed by atoms with Crippen molar-refractivity contribution in [3.63, 3.8) is 0 Å². The summed E-state index contributed by atoms with van der Waals surface area (Å²) in [6, 6.07) is 17.9. The Bertz CT molecular complexity index is 1120. The quantitative estimate of drug-likeness (QED) is 0.0881. The van der Waals surface area contributed by atoms with Crippen LogP contribution in [0.2, 0.25) is 0 Å². The zero-order valence-corrected chi connectivity index (χ0v) is 24.4. The van der Waals surface area contributed by atoms with E-state index in [0.29, 0.717) is 19.6 Å².